The second-order valence-electron chi connectivity index (χ2n) is 5.57. The summed E-state index contributed by atoms with van der Waals surface area (Å²) in [5.74, 6) is 0. The first kappa shape index (κ1) is 22.5. The van der Waals surface area contributed by atoms with E-state index in [1.54, 1.807) is 0 Å². The van der Waals surface area contributed by atoms with Crippen LogP contribution in [-0.2, 0) is 27.2 Å². The predicted molar refractivity (Wildman–Crippen MR) is 102 cm³/mol. The summed E-state index contributed by atoms with van der Waals surface area (Å²) in [4.78, 5) is 0. The van der Waals surface area contributed by atoms with Crippen molar-refractivity contribution in [1.82, 2.24) is 0 Å². The summed E-state index contributed by atoms with van der Waals surface area (Å²) in [5.41, 5.74) is 1.95. The van der Waals surface area contributed by atoms with E-state index in [2.05, 4.69) is 0 Å². The molecule has 1 fully saturated rings. The number of ether oxygens (including phenoxy) is 2. The van der Waals surface area contributed by atoms with Gasteiger partial charge in [0.25, 0.3) is 5.03 Å². The van der Waals surface area contributed by atoms with Crippen molar-refractivity contribution in [3.05, 3.63) is 0 Å². The monoisotopic (exact) mass is 396 g/mol. The average molecular weight is 397 g/mol. The molecule has 0 aromatic rings. The fourth-order valence-corrected chi connectivity index (χ4v) is 24.4. The van der Waals surface area contributed by atoms with Gasteiger partial charge in [-0.05, 0) is 52.9 Å². The minimum absolute atomic E-state index is 0.420. The first-order chi connectivity index (χ1) is 11.6. The van der Waals surface area contributed by atoms with Crippen LogP contribution in [0.2, 0.25) is 11.3 Å². The van der Waals surface area contributed by atoms with Crippen LogP contribution >= 0.6 is 0 Å². The molecule has 0 aliphatic carbocycles. The van der Waals surface area contributed by atoms with E-state index in [9.17, 15) is 0 Å². The Balaban J connectivity index is 3.53. The topological polar surface area (TPSA) is 55.4 Å². The highest BCUT2D eigenvalue weighted by Gasteiger charge is 2.77. The molecule has 24 heavy (non-hydrogen) atoms. The Morgan fingerprint density at radius 1 is 0.625 bits per heavy atom. The molecule has 1 heterocycles. The lowest BCUT2D eigenvalue weighted by Gasteiger charge is -2.55. The molecule has 0 unspecified atom stereocenters. The zero-order valence-electron chi connectivity index (χ0n) is 16.3. The molecule has 144 valence electrons. The Morgan fingerprint density at radius 2 is 0.958 bits per heavy atom. The van der Waals surface area contributed by atoms with Crippen molar-refractivity contribution in [3.8, 4) is 0 Å². The van der Waals surface area contributed by atoms with Gasteiger partial charge in [-0.15, -0.1) is 0 Å². The third-order valence-electron chi connectivity index (χ3n) is 4.22. The van der Waals surface area contributed by atoms with Crippen LogP contribution in [0.3, 0.4) is 0 Å². The maximum Gasteiger partial charge on any atom is 0.399 e. The van der Waals surface area contributed by atoms with Crippen molar-refractivity contribution in [3.63, 3.8) is 0 Å². The van der Waals surface area contributed by atoms with E-state index in [-0.39, 0.29) is 0 Å². The van der Waals surface area contributed by atoms with Gasteiger partial charge in [0, 0.05) is 49.2 Å². The van der Waals surface area contributed by atoms with E-state index in [1.165, 1.54) is 0 Å². The molecular formula is C15H36O6Si3. The molecule has 0 atom stereocenters. The quantitative estimate of drug-likeness (QED) is 0.371. The lowest BCUT2D eigenvalue weighted by Crippen LogP contribution is -2.83. The normalized spacial score (nSPS) is 21.8. The van der Waals surface area contributed by atoms with Crippen molar-refractivity contribution in [2.45, 2.75) is 57.9 Å². The second-order valence-corrected chi connectivity index (χ2v) is 16.3. The summed E-state index contributed by atoms with van der Waals surface area (Å²) in [7, 11) is -5.99. The molecule has 0 aromatic heterocycles. The Hall–Kier alpha value is 0.411. The van der Waals surface area contributed by atoms with Gasteiger partial charge in [-0.3, -0.25) is 0 Å². The largest absolute Gasteiger partial charge is 0.399 e. The Labute approximate surface area is 151 Å². The third kappa shape index (κ3) is 4.04. The van der Waals surface area contributed by atoms with Crippen LogP contribution < -0.4 is 0 Å². The third-order valence-corrected chi connectivity index (χ3v) is 20.2. The van der Waals surface area contributed by atoms with Gasteiger partial charge in [-0.25, -0.2) is 0 Å². The van der Waals surface area contributed by atoms with Crippen LogP contribution in [0, 0.1) is 0 Å². The predicted octanol–water partition coefficient (Wildman–Crippen LogP) is 1.96. The van der Waals surface area contributed by atoms with Gasteiger partial charge in [-0.2, -0.15) is 0 Å². The highest BCUT2D eigenvalue weighted by Crippen LogP contribution is 2.45. The number of hydrogen-bond acceptors (Lipinski definition) is 6. The van der Waals surface area contributed by atoms with E-state index in [4.69, 9.17) is 27.2 Å². The zero-order chi connectivity index (χ0) is 18.1. The van der Waals surface area contributed by atoms with Gasteiger partial charge >= 0.3 is 17.1 Å². The molecule has 0 N–H and O–H groups in total. The fourth-order valence-electron chi connectivity index (χ4n) is 3.75. The van der Waals surface area contributed by atoms with E-state index >= 15 is 0 Å². The summed E-state index contributed by atoms with van der Waals surface area (Å²) in [6, 6.07) is 0. The Morgan fingerprint density at radius 3 is 1.21 bits per heavy atom. The maximum absolute atomic E-state index is 6.38. The lowest BCUT2D eigenvalue weighted by atomic mass is 10.8. The molecule has 6 nitrogen and oxygen atoms in total. The first-order valence-electron chi connectivity index (χ1n) is 9.41. The summed E-state index contributed by atoms with van der Waals surface area (Å²) < 4.78 is 38.2. The van der Waals surface area contributed by atoms with Crippen molar-refractivity contribution < 1.29 is 27.2 Å². The Kier molecular flexibility index (Phi) is 9.85. The fraction of sp³-hybridized carbons (Fsp3) is 1.00. The van der Waals surface area contributed by atoms with E-state index in [0.29, 0.717) is 39.6 Å². The van der Waals surface area contributed by atoms with Crippen molar-refractivity contribution >= 4 is 26.6 Å². The van der Waals surface area contributed by atoms with E-state index < -0.39 is 31.7 Å². The average Bonchev–Trinajstić information content (AvgIpc) is 2.54. The Bertz CT molecular complexity index is 303. The molecular weight excluding hydrogens is 360 g/mol. The van der Waals surface area contributed by atoms with Crippen LogP contribution in [0.25, 0.3) is 0 Å². The van der Waals surface area contributed by atoms with E-state index in [1.807, 2.05) is 41.5 Å². The SMILES string of the molecule is CCOC1(OCC)[Si](OCC)(OCC)C[SiH2]C[Si]1(OCC)OCC. The number of hydrogen-bond donors (Lipinski definition) is 0. The molecule has 0 saturated carbocycles. The van der Waals surface area contributed by atoms with Crippen molar-refractivity contribution in [2.24, 2.45) is 0 Å². The van der Waals surface area contributed by atoms with E-state index in [0.717, 1.165) is 11.3 Å². The highest BCUT2D eigenvalue weighted by molar-refractivity contribution is 7.00. The minimum Gasteiger partial charge on any atom is -0.392 e. The summed E-state index contributed by atoms with van der Waals surface area (Å²) >= 11 is 0. The second kappa shape index (κ2) is 10.5. The van der Waals surface area contributed by atoms with Crippen LogP contribution in [0.1, 0.15) is 41.5 Å². The maximum atomic E-state index is 6.38. The van der Waals surface area contributed by atoms with Crippen LogP contribution in [0.4, 0.5) is 0 Å². The molecule has 9 heteroatoms. The molecule has 0 bridgehead atoms. The summed E-state index contributed by atoms with van der Waals surface area (Å²) in [5, 5.41) is -0.965. The van der Waals surface area contributed by atoms with Gasteiger partial charge in [-0.1, -0.05) is 0 Å². The standard InChI is InChI=1S/C15H36O6Si3/c1-7-16-15(17-8-2)23(18-9-3,19-10-4)13-22-14-24(15,20-11-5)21-12-6/h7-14,22H2,1-6H3. The minimum atomic E-state index is -2.79. The molecule has 1 rings (SSSR count). The van der Waals surface area contributed by atoms with Crippen molar-refractivity contribution in [1.29, 1.82) is 0 Å². The smallest absolute Gasteiger partial charge is 0.392 e. The van der Waals surface area contributed by atoms with Crippen LogP contribution in [0.15, 0.2) is 0 Å². The van der Waals surface area contributed by atoms with Crippen LogP contribution in [0.5, 0.6) is 0 Å². The van der Waals surface area contributed by atoms with Gasteiger partial charge in [0.2, 0.25) is 0 Å². The van der Waals surface area contributed by atoms with Gasteiger partial charge in [0.1, 0.15) is 0 Å². The molecule has 0 aromatic carbocycles. The van der Waals surface area contributed by atoms with Crippen LogP contribution in [-0.4, -0.2) is 71.3 Å². The zero-order valence-corrected chi connectivity index (χ0v) is 19.7. The number of rotatable bonds is 12. The van der Waals surface area contributed by atoms with Gasteiger partial charge < -0.3 is 27.2 Å². The lowest BCUT2D eigenvalue weighted by molar-refractivity contribution is -0.177. The summed E-state index contributed by atoms with van der Waals surface area (Å²) in [6.07, 6.45) is 0. The molecule has 0 amide bonds. The summed E-state index contributed by atoms with van der Waals surface area (Å²) in [6.45, 7) is 15.4. The molecule has 0 radical (unpaired) electrons. The van der Waals surface area contributed by atoms with Crippen molar-refractivity contribution in [2.75, 3.05) is 39.6 Å². The molecule has 1 saturated heterocycles. The first-order valence-corrected chi connectivity index (χ1v) is 15.5. The highest BCUT2D eigenvalue weighted by atomic mass is 28.5. The molecule has 1 aliphatic heterocycles. The van der Waals surface area contributed by atoms with Gasteiger partial charge in [0.15, 0.2) is 0 Å². The molecule has 0 spiro atoms. The van der Waals surface area contributed by atoms with Gasteiger partial charge in [0.05, 0.1) is 0 Å². The molecule has 1 aliphatic rings.